The van der Waals surface area contributed by atoms with Crippen LogP contribution in [0.3, 0.4) is 0 Å². The van der Waals surface area contributed by atoms with Crippen molar-refractivity contribution in [2.75, 3.05) is 27.2 Å². The summed E-state index contributed by atoms with van der Waals surface area (Å²) in [4.78, 5) is 6.45. The van der Waals surface area contributed by atoms with E-state index < -0.39 is 0 Å². The van der Waals surface area contributed by atoms with Crippen molar-refractivity contribution < 1.29 is 4.74 Å². The number of pyridine rings is 1. The van der Waals surface area contributed by atoms with E-state index in [0.29, 0.717) is 12.4 Å². The molecule has 2 N–H and O–H groups in total. The summed E-state index contributed by atoms with van der Waals surface area (Å²) in [6, 6.07) is 3.93. The first kappa shape index (κ1) is 13.9. The van der Waals surface area contributed by atoms with E-state index in [1.165, 1.54) is 5.56 Å². The smallest absolute Gasteiger partial charge is 0.212 e. The Bertz CT molecular complexity index is 335. The quantitative estimate of drug-likeness (QED) is 0.814. The van der Waals surface area contributed by atoms with E-state index in [9.17, 15) is 0 Å². The summed E-state index contributed by atoms with van der Waals surface area (Å²) in [5.74, 6) is 0.652. The van der Waals surface area contributed by atoms with Crippen molar-refractivity contribution in [3.63, 3.8) is 0 Å². The van der Waals surface area contributed by atoms with Gasteiger partial charge in [-0.15, -0.1) is 0 Å². The Morgan fingerprint density at radius 2 is 2.12 bits per heavy atom. The number of hydrogen-bond acceptors (Lipinski definition) is 4. The number of aromatic nitrogens is 1. The van der Waals surface area contributed by atoms with Crippen LogP contribution in [-0.4, -0.2) is 37.1 Å². The average molecular weight is 237 g/mol. The summed E-state index contributed by atoms with van der Waals surface area (Å²) >= 11 is 0. The van der Waals surface area contributed by atoms with Crippen molar-refractivity contribution in [3.8, 4) is 5.88 Å². The largest absolute Gasteiger partial charge is 0.481 e. The lowest BCUT2D eigenvalue weighted by Gasteiger charge is -2.28. The van der Waals surface area contributed by atoms with Crippen LogP contribution in [0.15, 0.2) is 18.3 Å². The van der Waals surface area contributed by atoms with Crippen molar-refractivity contribution in [2.45, 2.75) is 20.4 Å². The summed E-state index contributed by atoms with van der Waals surface area (Å²) in [5.41, 5.74) is 7.06. The zero-order chi connectivity index (χ0) is 12.9. The molecule has 0 aliphatic heterocycles. The lowest BCUT2D eigenvalue weighted by Crippen LogP contribution is -2.36. The third-order valence-corrected chi connectivity index (χ3v) is 2.71. The maximum absolute atomic E-state index is 5.73. The normalized spacial score (nSPS) is 11.9. The highest BCUT2D eigenvalue weighted by molar-refractivity contribution is 5.17. The van der Waals surface area contributed by atoms with Gasteiger partial charge in [-0.25, -0.2) is 4.98 Å². The Kier molecular flexibility index (Phi) is 4.90. The lowest BCUT2D eigenvalue weighted by atomic mass is 9.93. The molecule has 0 saturated carbocycles. The van der Waals surface area contributed by atoms with Gasteiger partial charge in [0.2, 0.25) is 5.88 Å². The maximum atomic E-state index is 5.73. The predicted octanol–water partition coefficient (Wildman–Crippen LogP) is 1.51. The van der Waals surface area contributed by atoms with Crippen LogP contribution in [-0.2, 0) is 6.54 Å². The Hall–Kier alpha value is -1.13. The molecular weight excluding hydrogens is 214 g/mol. The number of rotatable bonds is 6. The molecule has 0 saturated heterocycles. The van der Waals surface area contributed by atoms with Crippen molar-refractivity contribution in [3.05, 3.63) is 23.9 Å². The Balaban J connectivity index is 2.52. The van der Waals surface area contributed by atoms with Crippen LogP contribution >= 0.6 is 0 Å². The zero-order valence-electron chi connectivity index (χ0n) is 11.2. The molecule has 1 aromatic rings. The molecule has 0 radical (unpaired) electrons. The van der Waals surface area contributed by atoms with Crippen LogP contribution in [0.2, 0.25) is 0 Å². The molecule has 96 valence electrons. The van der Waals surface area contributed by atoms with Crippen molar-refractivity contribution in [2.24, 2.45) is 11.1 Å². The second-order valence-corrected chi connectivity index (χ2v) is 5.25. The summed E-state index contributed by atoms with van der Waals surface area (Å²) in [7, 11) is 3.72. The van der Waals surface area contributed by atoms with E-state index in [4.69, 9.17) is 10.5 Å². The summed E-state index contributed by atoms with van der Waals surface area (Å²) in [5, 5.41) is 0. The summed E-state index contributed by atoms with van der Waals surface area (Å²) in [6.07, 6.45) is 1.85. The van der Waals surface area contributed by atoms with Crippen molar-refractivity contribution >= 4 is 0 Å². The predicted molar refractivity (Wildman–Crippen MR) is 70.0 cm³/mol. The van der Waals surface area contributed by atoms with Gasteiger partial charge in [-0.3, -0.25) is 0 Å². The van der Waals surface area contributed by atoms with E-state index in [-0.39, 0.29) is 5.41 Å². The number of nitrogens with two attached hydrogens (primary N) is 1. The topological polar surface area (TPSA) is 51.4 Å². The van der Waals surface area contributed by atoms with E-state index in [1.807, 2.05) is 18.3 Å². The second kappa shape index (κ2) is 5.98. The number of methoxy groups -OCH3 is 1. The fourth-order valence-electron chi connectivity index (χ4n) is 1.79. The highest BCUT2D eigenvalue weighted by Crippen LogP contribution is 2.16. The standard InChI is InChI=1S/C13H23N3O/c1-13(2,9-14)10-16(3)8-11-5-6-12(17-4)15-7-11/h5-7H,8-10,14H2,1-4H3. The first-order chi connectivity index (χ1) is 7.96. The first-order valence-corrected chi connectivity index (χ1v) is 5.84. The van der Waals surface area contributed by atoms with Crippen molar-refractivity contribution in [1.82, 2.24) is 9.88 Å². The van der Waals surface area contributed by atoms with Crippen LogP contribution in [0, 0.1) is 5.41 Å². The molecule has 0 fully saturated rings. The molecule has 0 spiro atoms. The second-order valence-electron chi connectivity index (χ2n) is 5.25. The average Bonchev–Trinajstić information content (AvgIpc) is 2.29. The van der Waals surface area contributed by atoms with Gasteiger partial charge in [-0.2, -0.15) is 0 Å². The van der Waals surface area contributed by atoms with Gasteiger partial charge < -0.3 is 15.4 Å². The minimum absolute atomic E-state index is 0.147. The van der Waals surface area contributed by atoms with E-state index in [2.05, 4.69) is 30.8 Å². The Morgan fingerprint density at radius 1 is 1.41 bits per heavy atom. The number of ether oxygens (including phenoxy) is 1. The van der Waals surface area contributed by atoms with Crippen LogP contribution in [0.5, 0.6) is 5.88 Å². The third kappa shape index (κ3) is 4.71. The van der Waals surface area contributed by atoms with Gasteiger partial charge in [0.25, 0.3) is 0 Å². The Labute approximate surface area is 104 Å². The Morgan fingerprint density at radius 3 is 2.59 bits per heavy atom. The lowest BCUT2D eigenvalue weighted by molar-refractivity contribution is 0.209. The molecule has 1 aromatic heterocycles. The zero-order valence-corrected chi connectivity index (χ0v) is 11.2. The van der Waals surface area contributed by atoms with E-state index >= 15 is 0 Å². The van der Waals surface area contributed by atoms with Crippen LogP contribution < -0.4 is 10.5 Å². The van der Waals surface area contributed by atoms with Gasteiger partial charge in [-0.1, -0.05) is 19.9 Å². The maximum Gasteiger partial charge on any atom is 0.212 e. The molecule has 4 heteroatoms. The van der Waals surface area contributed by atoms with Gasteiger partial charge in [0.15, 0.2) is 0 Å². The molecule has 0 unspecified atom stereocenters. The fraction of sp³-hybridized carbons (Fsp3) is 0.615. The molecule has 0 aliphatic carbocycles. The monoisotopic (exact) mass is 237 g/mol. The minimum atomic E-state index is 0.147. The van der Waals surface area contributed by atoms with Gasteiger partial charge >= 0.3 is 0 Å². The molecule has 17 heavy (non-hydrogen) atoms. The third-order valence-electron chi connectivity index (χ3n) is 2.71. The summed E-state index contributed by atoms with van der Waals surface area (Å²) in [6.45, 7) is 6.89. The number of nitrogens with zero attached hydrogens (tertiary/aromatic N) is 2. The highest BCUT2D eigenvalue weighted by Gasteiger charge is 2.17. The molecule has 4 nitrogen and oxygen atoms in total. The van der Waals surface area contributed by atoms with Crippen molar-refractivity contribution in [1.29, 1.82) is 0 Å². The fourth-order valence-corrected chi connectivity index (χ4v) is 1.79. The number of hydrogen-bond donors (Lipinski definition) is 1. The first-order valence-electron chi connectivity index (χ1n) is 5.84. The van der Waals surface area contributed by atoms with Crippen LogP contribution in [0.25, 0.3) is 0 Å². The molecule has 1 heterocycles. The molecule has 0 atom stereocenters. The van der Waals surface area contributed by atoms with Crippen LogP contribution in [0.1, 0.15) is 19.4 Å². The molecule has 0 aromatic carbocycles. The molecule has 1 rings (SSSR count). The molecule has 0 bridgehead atoms. The molecular formula is C13H23N3O. The van der Waals surface area contributed by atoms with E-state index in [0.717, 1.165) is 13.1 Å². The summed E-state index contributed by atoms with van der Waals surface area (Å²) < 4.78 is 5.03. The van der Waals surface area contributed by atoms with Gasteiger partial charge in [0.1, 0.15) is 0 Å². The minimum Gasteiger partial charge on any atom is -0.481 e. The molecule has 0 aliphatic rings. The van der Waals surface area contributed by atoms with E-state index in [1.54, 1.807) is 7.11 Å². The van der Waals surface area contributed by atoms with Crippen LogP contribution in [0.4, 0.5) is 0 Å². The molecule has 0 amide bonds. The van der Waals surface area contributed by atoms with Gasteiger partial charge in [-0.05, 0) is 24.6 Å². The SMILES string of the molecule is COc1ccc(CN(C)CC(C)(C)CN)cn1. The van der Waals surface area contributed by atoms with Gasteiger partial charge in [0, 0.05) is 25.4 Å². The highest BCUT2D eigenvalue weighted by atomic mass is 16.5. The van der Waals surface area contributed by atoms with Gasteiger partial charge in [0.05, 0.1) is 7.11 Å².